The Bertz CT molecular complexity index is 1060. The second kappa shape index (κ2) is 9.85. The van der Waals surface area contributed by atoms with E-state index in [0.29, 0.717) is 18.7 Å². The van der Waals surface area contributed by atoms with Crippen LogP contribution in [-0.4, -0.2) is 40.9 Å². The predicted octanol–water partition coefficient (Wildman–Crippen LogP) is 3.86. The SMILES string of the molecule is CCOC(=O)Cc1ccc(NC(=O)OC(C)(C)C)c(C(=O)C(=O)N2Cc3ccccc3C2)c1. The van der Waals surface area contributed by atoms with Gasteiger partial charge in [0.05, 0.1) is 24.3 Å². The lowest BCUT2D eigenvalue weighted by Gasteiger charge is -2.21. The second-order valence-electron chi connectivity index (χ2n) is 8.75. The molecule has 0 spiro atoms. The molecule has 0 radical (unpaired) electrons. The van der Waals surface area contributed by atoms with Crippen LogP contribution in [0.4, 0.5) is 10.5 Å². The zero-order valence-electron chi connectivity index (χ0n) is 19.3. The third kappa shape index (κ3) is 6.19. The van der Waals surface area contributed by atoms with Gasteiger partial charge in [-0.15, -0.1) is 0 Å². The van der Waals surface area contributed by atoms with Gasteiger partial charge in [0.2, 0.25) is 0 Å². The first-order valence-electron chi connectivity index (χ1n) is 10.8. The zero-order valence-corrected chi connectivity index (χ0v) is 19.3. The Kier molecular flexibility index (Phi) is 7.16. The molecule has 174 valence electrons. The summed E-state index contributed by atoms with van der Waals surface area (Å²) in [4.78, 5) is 52.0. The number of nitrogens with one attached hydrogen (secondary N) is 1. The molecule has 0 aliphatic carbocycles. The molecular formula is C25H28N2O6. The van der Waals surface area contributed by atoms with Crippen LogP contribution in [0.25, 0.3) is 0 Å². The first-order chi connectivity index (χ1) is 15.6. The van der Waals surface area contributed by atoms with Crippen LogP contribution in [0.1, 0.15) is 54.7 Å². The Labute approximate surface area is 192 Å². The van der Waals surface area contributed by atoms with Gasteiger partial charge in [-0.1, -0.05) is 30.3 Å². The third-order valence-electron chi connectivity index (χ3n) is 4.94. The molecule has 33 heavy (non-hydrogen) atoms. The van der Waals surface area contributed by atoms with E-state index in [1.807, 2.05) is 24.3 Å². The minimum Gasteiger partial charge on any atom is -0.466 e. The van der Waals surface area contributed by atoms with E-state index in [1.54, 1.807) is 33.8 Å². The molecule has 0 aromatic heterocycles. The molecule has 1 aliphatic rings. The molecule has 0 unspecified atom stereocenters. The smallest absolute Gasteiger partial charge is 0.412 e. The van der Waals surface area contributed by atoms with Crippen LogP contribution in [0.3, 0.4) is 0 Å². The number of ketones is 1. The van der Waals surface area contributed by atoms with Crippen molar-refractivity contribution in [2.45, 2.75) is 52.8 Å². The predicted molar refractivity (Wildman–Crippen MR) is 122 cm³/mol. The summed E-state index contributed by atoms with van der Waals surface area (Å²) in [6.07, 6.45) is -0.819. The number of ether oxygens (including phenoxy) is 2. The van der Waals surface area contributed by atoms with E-state index in [1.165, 1.54) is 17.0 Å². The van der Waals surface area contributed by atoms with Crippen molar-refractivity contribution >= 4 is 29.4 Å². The summed E-state index contributed by atoms with van der Waals surface area (Å²) in [7, 11) is 0. The number of carbonyl (C=O) groups excluding carboxylic acids is 4. The molecule has 0 atom stereocenters. The van der Waals surface area contributed by atoms with Crippen molar-refractivity contribution in [1.82, 2.24) is 4.90 Å². The van der Waals surface area contributed by atoms with Gasteiger partial charge in [0.25, 0.3) is 11.7 Å². The van der Waals surface area contributed by atoms with Gasteiger partial charge in [0.15, 0.2) is 0 Å². The summed E-state index contributed by atoms with van der Waals surface area (Å²) < 4.78 is 10.2. The lowest BCUT2D eigenvalue weighted by molar-refractivity contribution is -0.142. The van der Waals surface area contributed by atoms with E-state index in [9.17, 15) is 19.2 Å². The molecule has 2 aromatic carbocycles. The number of amides is 2. The molecule has 8 heteroatoms. The fourth-order valence-corrected chi connectivity index (χ4v) is 3.53. The van der Waals surface area contributed by atoms with Crippen LogP contribution < -0.4 is 5.32 Å². The maximum absolute atomic E-state index is 13.2. The molecule has 1 aliphatic heterocycles. The van der Waals surface area contributed by atoms with E-state index in [2.05, 4.69) is 5.32 Å². The van der Waals surface area contributed by atoms with Gasteiger partial charge in [-0.25, -0.2) is 4.79 Å². The number of Topliss-reactive ketones (excluding diaryl/α,β-unsaturated/α-hetero) is 1. The molecule has 1 N–H and O–H groups in total. The number of anilines is 1. The minimum atomic E-state index is -0.778. The van der Waals surface area contributed by atoms with E-state index >= 15 is 0 Å². The number of fused-ring (bicyclic) bond motifs is 1. The number of hydrogen-bond donors (Lipinski definition) is 1. The average molecular weight is 453 g/mol. The van der Waals surface area contributed by atoms with E-state index in [4.69, 9.17) is 9.47 Å². The fourth-order valence-electron chi connectivity index (χ4n) is 3.53. The van der Waals surface area contributed by atoms with Crippen molar-refractivity contribution in [3.8, 4) is 0 Å². The average Bonchev–Trinajstić information content (AvgIpc) is 3.17. The number of esters is 1. The summed E-state index contributed by atoms with van der Waals surface area (Å²) >= 11 is 0. The van der Waals surface area contributed by atoms with Crippen molar-refractivity contribution in [2.24, 2.45) is 0 Å². The molecule has 0 fully saturated rings. The van der Waals surface area contributed by atoms with Crippen molar-refractivity contribution in [1.29, 1.82) is 0 Å². The largest absolute Gasteiger partial charge is 0.466 e. The number of carbonyl (C=O) groups is 4. The summed E-state index contributed by atoms with van der Waals surface area (Å²) in [6.45, 7) is 7.75. The number of benzene rings is 2. The van der Waals surface area contributed by atoms with Crippen LogP contribution >= 0.6 is 0 Å². The minimum absolute atomic E-state index is 0.0105. The number of nitrogens with zero attached hydrogens (tertiary/aromatic N) is 1. The molecular weight excluding hydrogens is 424 g/mol. The first kappa shape index (κ1) is 24.0. The lowest BCUT2D eigenvalue weighted by atomic mass is 10.0. The van der Waals surface area contributed by atoms with Crippen molar-refractivity contribution < 1.29 is 28.7 Å². The molecule has 0 saturated carbocycles. The maximum Gasteiger partial charge on any atom is 0.412 e. The maximum atomic E-state index is 13.2. The number of rotatable bonds is 6. The van der Waals surface area contributed by atoms with Gasteiger partial charge >= 0.3 is 12.1 Å². The molecule has 8 nitrogen and oxygen atoms in total. The standard InChI is InChI=1S/C25H28N2O6/c1-5-32-21(28)13-16-10-11-20(26-24(31)33-25(2,3)4)19(12-16)22(29)23(30)27-14-17-8-6-7-9-18(17)15-27/h6-12H,5,13-15H2,1-4H3,(H,26,31). The monoisotopic (exact) mass is 452 g/mol. The van der Waals surface area contributed by atoms with Gasteiger partial charge in [0.1, 0.15) is 5.60 Å². The van der Waals surface area contributed by atoms with E-state index in [-0.39, 0.29) is 24.3 Å². The highest BCUT2D eigenvalue weighted by molar-refractivity contribution is 6.44. The van der Waals surface area contributed by atoms with Gasteiger partial charge in [0, 0.05) is 13.1 Å². The highest BCUT2D eigenvalue weighted by Crippen LogP contribution is 2.26. The van der Waals surface area contributed by atoms with Crippen molar-refractivity contribution in [2.75, 3.05) is 11.9 Å². The fraction of sp³-hybridized carbons (Fsp3) is 0.360. The topological polar surface area (TPSA) is 102 Å². The van der Waals surface area contributed by atoms with Crippen LogP contribution in [0, 0.1) is 0 Å². The normalized spacial score (nSPS) is 12.7. The Balaban J connectivity index is 1.87. The lowest BCUT2D eigenvalue weighted by Crippen LogP contribution is -2.33. The van der Waals surface area contributed by atoms with Gasteiger partial charge in [-0.2, -0.15) is 0 Å². The summed E-state index contributed by atoms with van der Waals surface area (Å²) in [6, 6.07) is 12.1. The molecule has 3 rings (SSSR count). The van der Waals surface area contributed by atoms with Crippen molar-refractivity contribution in [3.05, 3.63) is 64.7 Å². The molecule has 2 amide bonds. The molecule has 0 saturated heterocycles. The highest BCUT2D eigenvalue weighted by Gasteiger charge is 2.30. The second-order valence-corrected chi connectivity index (χ2v) is 8.75. The van der Waals surface area contributed by atoms with Gasteiger partial charge in [-0.05, 0) is 56.5 Å². The molecule has 1 heterocycles. The van der Waals surface area contributed by atoms with Crippen LogP contribution in [0.5, 0.6) is 0 Å². The summed E-state index contributed by atoms with van der Waals surface area (Å²) in [5, 5.41) is 2.55. The van der Waals surface area contributed by atoms with Crippen LogP contribution in [0.15, 0.2) is 42.5 Å². The van der Waals surface area contributed by atoms with Crippen LogP contribution in [-0.2, 0) is 38.6 Å². The van der Waals surface area contributed by atoms with Gasteiger partial charge < -0.3 is 14.4 Å². The summed E-state index contributed by atoms with van der Waals surface area (Å²) in [5.41, 5.74) is 1.85. The van der Waals surface area contributed by atoms with Crippen LogP contribution in [0.2, 0.25) is 0 Å². The Morgan fingerprint density at radius 3 is 2.21 bits per heavy atom. The number of hydrogen-bond acceptors (Lipinski definition) is 6. The Morgan fingerprint density at radius 2 is 1.64 bits per heavy atom. The Morgan fingerprint density at radius 1 is 1.00 bits per heavy atom. The first-order valence-corrected chi connectivity index (χ1v) is 10.8. The highest BCUT2D eigenvalue weighted by atomic mass is 16.6. The third-order valence-corrected chi connectivity index (χ3v) is 4.94. The zero-order chi connectivity index (χ0) is 24.2. The quantitative estimate of drug-likeness (QED) is 0.406. The molecule has 2 aromatic rings. The summed E-state index contributed by atoms with van der Waals surface area (Å²) in [5.74, 6) is -1.92. The Hall–Kier alpha value is -3.68. The van der Waals surface area contributed by atoms with E-state index in [0.717, 1.165) is 11.1 Å². The van der Waals surface area contributed by atoms with Crippen molar-refractivity contribution in [3.63, 3.8) is 0 Å². The van der Waals surface area contributed by atoms with Gasteiger partial charge in [-0.3, -0.25) is 19.7 Å². The molecule has 0 bridgehead atoms. The van der Waals surface area contributed by atoms with E-state index < -0.39 is 29.4 Å².